The minimum absolute atomic E-state index is 0.0762. The predicted octanol–water partition coefficient (Wildman–Crippen LogP) is 1.48. The summed E-state index contributed by atoms with van der Waals surface area (Å²) >= 11 is 0. The number of likely N-dealkylation sites (tertiary alicyclic amines) is 1. The second-order valence-electron chi connectivity index (χ2n) is 5.68. The van der Waals surface area contributed by atoms with Crippen molar-refractivity contribution in [2.45, 2.75) is 25.9 Å². The summed E-state index contributed by atoms with van der Waals surface area (Å²) in [5.41, 5.74) is 8.39. The van der Waals surface area contributed by atoms with Gasteiger partial charge in [0.05, 0.1) is 13.2 Å². The minimum atomic E-state index is 0.0762. The SMILES string of the molecule is COc1ccc(C)cc1C1C2C(N)C2CN1C(C)=O. The Kier molecular flexibility index (Phi) is 2.78. The Bertz CT molecular complexity index is 529. The standard InChI is InChI=1S/C15H20N2O2/c1-8-4-5-12(19-3)10(6-8)15-13-11(14(13)16)7-17(15)9(2)18/h4-6,11,13-15H,7,16H2,1-3H3. The summed E-state index contributed by atoms with van der Waals surface area (Å²) in [7, 11) is 1.67. The molecule has 102 valence electrons. The summed E-state index contributed by atoms with van der Waals surface area (Å²) in [6.07, 6.45) is 0. The van der Waals surface area contributed by atoms with Crippen LogP contribution in [0.2, 0.25) is 0 Å². The molecule has 1 aromatic carbocycles. The number of nitrogens with two attached hydrogens (primary N) is 1. The molecule has 4 atom stereocenters. The van der Waals surface area contributed by atoms with E-state index in [2.05, 4.69) is 13.0 Å². The third kappa shape index (κ3) is 1.82. The average molecular weight is 260 g/mol. The molecule has 1 aliphatic carbocycles. The summed E-state index contributed by atoms with van der Waals surface area (Å²) in [5, 5.41) is 0. The first-order valence-electron chi connectivity index (χ1n) is 6.72. The number of amides is 1. The monoisotopic (exact) mass is 260 g/mol. The van der Waals surface area contributed by atoms with Crippen molar-refractivity contribution >= 4 is 5.91 Å². The molecule has 3 rings (SSSR count). The number of fused-ring (bicyclic) bond motifs is 1. The molecular weight excluding hydrogens is 240 g/mol. The van der Waals surface area contributed by atoms with Gasteiger partial charge in [0.1, 0.15) is 5.75 Å². The van der Waals surface area contributed by atoms with Crippen molar-refractivity contribution in [3.8, 4) is 5.75 Å². The van der Waals surface area contributed by atoms with Crippen molar-refractivity contribution in [1.29, 1.82) is 0 Å². The van der Waals surface area contributed by atoms with E-state index in [9.17, 15) is 4.79 Å². The topological polar surface area (TPSA) is 55.6 Å². The molecule has 1 aliphatic heterocycles. The van der Waals surface area contributed by atoms with Crippen LogP contribution in [0.3, 0.4) is 0 Å². The van der Waals surface area contributed by atoms with Crippen LogP contribution in [-0.2, 0) is 4.79 Å². The van der Waals surface area contributed by atoms with Crippen LogP contribution < -0.4 is 10.5 Å². The third-order valence-electron chi connectivity index (χ3n) is 4.51. The van der Waals surface area contributed by atoms with Gasteiger partial charge in [0.2, 0.25) is 5.91 Å². The quantitative estimate of drug-likeness (QED) is 0.876. The lowest BCUT2D eigenvalue weighted by atomic mass is 9.98. The first-order chi connectivity index (χ1) is 9.04. The molecule has 2 N–H and O–H groups in total. The molecule has 4 nitrogen and oxygen atoms in total. The minimum Gasteiger partial charge on any atom is -0.496 e. The van der Waals surface area contributed by atoms with Gasteiger partial charge in [-0.1, -0.05) is 17.7 Å². The normalized spacial score (nSPS) is 32.1. The highest BCUT2D eigenvalue weighted by Crippen LogP contribution is 2.56. The molecule has 4 unspecified atom stereocenters. The molecule has 0 aromatic heterocycles. The van der Waals surface area contributed by atoms with Gasteiger partial charge in [-0.2, -0.15) is 0 Å². The molecule has 2 fully saturated rings. The lowest BCUT2D eigenvalue weighted by Crippen LogP contribution is -2.35. The van der Waals surface area contributed by atoms with E-state index in [-0.39, 0.29) is 18.0 Å². The van der Waals surface area contributed by atoms with Crippen LogP contribution in [0.1, 0.15) is 24.1 Å². The maximum absolute atomic E-state index is 11.8. The van der Waals surface area contributed by atoms with E-state index < -0.39 is 0 Å². The maximum Gasteiger partial charge on any atom is 0.219 e. The van der Waals surface area contributed by atoms with Crippen molar-refractivity contribution in [2.75, 3.05) is 13.7 Å². The fourth-order valence-electron chi connectivity index (χ4n) is 3.45. The van der Waals surface area contributed by atoms with Crippen molar-refractivity contribution in [3.63, 3.8) is 0 Å². The summed E-state index contributed by atoms with van der Waals surface area (Å²) in [5.74, 6) is 1.81. The molecular formula is C15H20N2O2. The smallest absolute Gasteiger partial charge is 0.219 e. The molecule has 1 aromatic rings. The van der Waals surface area contributed by atoms with Gasteiger partial charge in [0.25, 0.3) is 0 Å². The van der Waals surface area contributed by atoms with Crippen LogP contribution in [0.15, 0.2) is 18.2 Å². The number of rotatable bonds is 2. The fraction of sp³-hybridized carbons (Fsp3) is 0.533. The number of benzene rings is 1. The van der Waals surface area contributed by atoms with Gasteiger partial charge in [0.15, 0.2) is 0 Å². The predicted molar refractivity (Wildman–Crippen MR) is 72.8 cm³/mol. The first-order valence-corrected chi connectivity index (χ1v) is 6.72. The lowest BCUT2D eigenvalue weighted by Gasteiger charge is -2.29. The second kappa shape index (κ2) is 4.23. The van der Waals surface area contributed by atoms with Crippen molar-refractivity contribution in [1.82, 2.24) is 4.90 Å². The van der Waals surface area contributed by atoms with Gasteiger partial charge in [-0.3, -0.25) is 4.79 Å². The second-order valence-corrected chi connectivity index (χ2v) is 5.68. The van der Waals surface area contributed by atoms with Gasteiger partial charge in [-0.05, 0) is 18.9 Å². The number of carbonyl (C=O) groups is 1. The molecule has 4 heteroatoms. The highest BCUT2D eigenvalue weighted by molar-refractivity contribution is 5.75. The molecule has 19 heavy (non-hydrogen) atoms. The zero-order valence-corrected chi connectivity index (χ0v) is 11.6. The number of aryl methyl sites for hydroxylation is 1. The van der Waals surface area contributed by atoms with E-state index in [4.69, 9.17) is 10.5 Å². The molecule has 2 aliphatic rings. The third-order valence-corrected chi connectivity index (χ3v) is 4.51. The number of hydrogen-bond donors (Lipinski definition) is 1. The lowest BCUT2D eigenvalue weighted by molar-refractivity contribution is -0.130. The van der Waals surface area contributed by atoms with Crippen LogP contribution in [0.25, 0.3) is 0 Å². The van der Waals surface area contributed by atoms with Gasteiger partial charge in [-0.15, -0.1) is 0 Å². The molecule has 0 spiro atoms. The van der Waals surface area contributed by atoms with Crippen LogP contribution in [0, 0.1) is 18.8 Å². The molecule has 0 bridgehead atoms. The average Bonchev–Trinajstić information content (AvgIpc) is 2.85. The summed E-state index contributed by atoms with van der Waals surface area (Å²) < 4.78 is 5.46. The van der Waals surface area contributed by atoms with E-state index in [1.807, 2.05) is 17.0 Å². The van der Waals surface area contributed by atoms with Gasteiger partial charge in [-0.25, -0.2) is 0 Å². The largest absolute Gasteiger partial charge is 0.496 e. The van der Waals surface area contributed by atoms with E-state index in [1.165, 1.54) is 5.56 Å². The number of carbonyl (C=O) groups excluding carboxylic acids is 1. The summed E-state index contributed by atoms with van der Waals surface area (Å²) in [6.45, 7) is 4.47. The van der Waals surface area contributed by atoms with E-state index in [0.29, 0.717) is 11.8 Å². The van der Waals surface area contributed by atoms with Crippen LogP contribution in [0.4, 0.5) is 0 Å². The van der Waals surface area contributed by atoms with Crippen molar-refractivity contribution in [2.24, 2.45) is 17.6 Å². The fourth-order valence-corrected chi connectivity index (χ4v) is 3.45. The first kappa shape index (κ1) is 12.5. The molecule has 0 radical (unpaired) electrons. The van der Waals surface area contributed by atoms with E-state index in [0.717, 1.165) is 17.9 Å². The Morgan fingerprint density at radius 3 is 2.84 bits per heavy atom. The summed E-state index contributed by atoms with van der Waals surface area (Å²) in [4.78, 5) is 13.8. The number of piperidine rings is 1. The highest BCUT2D eigenvalue weighted by atomic mass is 16.5. The zero-order valence-electron chi connectivity index (χ0n) is 11.6. The Labute approximate surface area is 113 Å². The van der Waals surface area contributed by atoms with Gasteiger partial charge < -0.3 is 15.4 Å². The molecule has 1 saturated carbocycles. The Morgan fingerprint density at radius 2 is 2.21 bits per heavy atom. The van der Waals surface area contributed by atoms with E-state index >= 15 is 0 Å². The van der Waals surface area contributed by atoms with Gasteiger partial charge >= 0.3 is 0 Å². The van der Waals surface area contributed by atoms with Crippen LogP contribution >= 0.6 is 0 Å². The maximum atomic E-state index is 11.8. The molecule has 1 heterocycles. The summed E-state index contributed by atoms with van der Waals surface area (Å²) in [6, 6.07) is 6.43. The number of nitrogens with zero attached hydrogens (tertiary/aromatic N) is 1. The van der Waals surface area contributed by atoms with Crippen LogP contribution in [-0.4, -0.2) is 30.5 Å². The van der Waals surface area contributed by atoms with Gasteiger partial charge in [0, 0.05) is 31.0 Å². The molecule has 1 saturated heterocycles. The highest BCUT2D eigenvalue weighted by Gasteiger charge is 2.61. The number of ether oxygens (including phenoxy) is 1. The zero-order chi connectivity index (χ0) is 13.7. The van der Waals surface area contributed by atoms with Crippen LogP contribution in [0.5, 0.6) is 5.75 Å². The van der Waals surface area contributed by atoms with Crippen molar-refractivity contribution < 1.29 is 9.53 Å². The van der Waals surface area contributed by atoms with E-state index in [1.54, 1.807) is 14.0 Å². The number of hydrogen-bond acceptors (Lipinski definition) is 3. The number of methoxy groups -OCH3 is 1. The molecule has 1 amide bonds. The Hall–Kier alpha value is -1.55. The Balaban J connectivity index is 2.03. The Morgan fingerprint density at radius 1 is 1.47 bits per heavy atom. The van der Waals surface area contributed by atoms with Crippen molar-refractivity contribution in [3.05, 3.63) is 29.3 Å².